The average molecular weight is 398 g/mol. The number of hydrogen-bond acceptors (Lipinski definition) is 6. The van der Waals surface area contributed by atoms with Gasteiger partial charge in [-0.2, -0.15) is 0 Å². The van der Waals surface area contributed by atoms with Crippen molar-refractivity contribution in [1.82, 2.24) is 0 Å². The fourth-order valence-corrected chi connectivity index (χ4v) is 3.94. The van der Waals surface area contributed by atoms with Gasteiger partial charge in [0, 0.05) is 22.1 Å². The zero-order valence-corrected chi connectivity index (χ0v) is 15.8. The molecule has 0 saturated heterocycles. The van der Waals surface area contributed by atoms with Gasteiger partial charge in [-0.25, -0.2) is 4.79 Å². The zero-order valence-electron chi connectivity index (χ0n) is 15.8. The number of methoxy groups -OCH3 is 1. The monoisotopic (exact) mass is 398 g/mol. The number of ether oxygens (including phenoxy) is 1. The Bertz CT molecular complexity index is 1430. The van der Waals surface area contributed by atoms with E-state index in [1.165, 1.54) is 31.4 Å². The van der Waals surface area contributed by atoms with Crippen LogP contribution in [-0.2, 0) is 0 Å². The summed E-state index contributed by atoms with van der Waals surface area (Å²) in [5, 5.41) is 9.90. The standard InChI is InChI=1S/C24H14O6/c1-29-16-10-11-17-19-18(14-4-2-3-5-15(14)23(27)20(16)19)21(24(28)30-17)22(26)12-6-8-13(25)9-7-12/h2-11,25H,1H3. The summed E-state index contributed by atoms with van der Waals surface area (Å²) in [5.41, 5.74) is 0.934. The molecule has 4 aromatic rings. The first kappa shape index (κ1) is 17.9. The molecule has 30 heavy (non-hydrogen) atoms. The Balaban J connectivity index is 1.95. The van der Waals surface area contributed by atoms with Crippen LogP contribution in [0, 0.1) is 0 Å². The SMILES string of the molecule is COc1ccc2oc(=O)c(C(=O)c3ccc(O)cc3)c3c2c1C(=O)c1ccccc1-3. The molecule has 0 unspecified atom stereocenters. The topological polar surface area (TPSA) is 93.8 Å². The maximum absolute atomic E-state index is 13.3. The molecular weight excluding hydrogens is 384 g/mol. The van der Waals surface area contributed by atoms with E-state index in [-0.39, 0.29) is 33.8 Å². The highest BCUT2D eigenvalue weighted by atomic mass is 16.5. The Labute approximate surface area is 170 Å². The van der Waals surface area contributed by atoms with Crippen molar-refractivity contribution in [2.75, 3.05) is 7.11 Å². The van der Waals surface area contributed by atoms with Crippen LogP contribution in [0.25, 0.3) is 22.1 Å². The molecule has 0 radical (unpaired) electrons. The summed E-state index contributed by atoms with van der Waals surface area (Å²) in [6, 6.07) is 15.5. The largest absolute Gasteiger partial charge is 0.508 e. The molecule has 0 amide bonds. The molecule has 0 bridgehead atoms. The molecule has 0 fully saturated rings. The number of ketones is 2. The van der Waals surface area contributed by atoms with E-state index in [0.717, 1.165) is 0 Å². The van der Waals surface area contributed by atoms with E-state index in [9.17, 15) is 19.5 Å². The summed E-state index contributed by atoms with van der Waals surface area (Å²) in [5.74, 6) is -0.488. The quantitative estimate of drug-likeness (QED) is 0.365. The lowest BCUT2D eigenvalue weighted by Gasteiger charge is -2.22. The van der Waals surface area contributed by atoms with Gasteiger partial charge in [-0.05, 0) is 42.0 Å². The lowest BCUT2D eigenvalue weighted by Crippen LogP contribution is -2.21. The Morgan fingerprint density at radius 3 is 2.30 bits per heavy atom. The zero-order chi connectivity index (χ0) is 21.0. The van der Waals surface area contributed by atoms with Crippen LogP contribution in [0.3, 0.4) is 0 Å². The fraction of sp³-hybridized carbons (Fsp3) is 0.0417. The van der Waals surface area contributed by atoms with Gasteiger partial charge in [-0.1, -0.05) is 24.3 Å². The van der Waals surface area contributed by atoms with Crippen LogP contribution >= 0.6 is 0 Å². The van der Waals surface area contributed by atoms with Gasteiger partial charge in [-0.15, -0.1) is 0 Å². The Morgan fingerprint density at radius 1 is 0.900 bits per heavy atom. The van der Waals surface area contributed by atoms with E-state index in [4.69, 9.17) is 9.15 Å². The number of carbonyl (C=O) groups is 2. The first-order chi connectivity index (χ1) is 14.5. The number of aromatic hydroxyl groups is 1. The molecule has 6 heteroatoms. The summed E-state index contributed by atoms with van der Waals surface area (Å²) >= 11 is 0. The summed E-state index contributed by atoms with van der Waals surface area (Å²) < 4.78 is 10.8. The first-order valence-electron chi connectivity index (χ1n) is 9.17. The van der Waals surface area contributed by atoms with E-state index < -0.39 is 11.4 Å². The molecule has 1 aromatic heterocycles. The van der Waals surface area contributed by atoms with E-state index in [1.54, 1.807) is 36.4 Å². The normalized spacial score (nSPS) is 12.0. The van der Waals surface area contributed by atoms with Crippen molar-refractivity contribution in [1.29, 1.82) is 0 Å². The number of fused-ring (bicyclic) bond motifs is 2. The van der Waals surface area contributed by atoms with Gasteiger partial charge in [0.25, 0.3) is 0 Å². The lowest BCUT2D eigenvalue weighted by atomic mass is 9.81. The maximum Gasteiger partial charge on any atom is 0.348 e. The molecule has 6 nitrogen and oxygen atoms in total. The molecule has 1 aliphatic carbocycles. The van der Waals surface area contributed by atoms with Crippen molar-refractivity contribution in [2.24, 2.45) is 0 Å². The molecular formula is C24H14O6. The van der Waals surface area contributed by atoms with Crippen molar-refractivity contribution < 1.29 is 23.8 Å². The van der Waals surface area contributed by atoms with E-state index in [2.05, 4.69) is 0 Å². The second-order valence-electron chi connectivity index (χ2n) is 6.91. The van der Waals surface area contributed by atoms with E-state index >= 15 is 0 Å². The van der Waals surface area contributed by atoms with Crippen molar-refractivity contribution >= 4 is 22.5 Å². The number of phenols is 1. The molecule has 3 aromatic carbocycles. The third-order valence-corrected chi connectivity index (χ3v) is 5.28. The van der Waals surface area contributed by atoms with E-state index in [0.29, 0.717) is 27.8 Å². The second kappa shape index (κ2) is 6.42. The van der Waals surface area contributed by atoms with Crippen LogP contribution in [0.15, 0.2) is 69.9 Å². The van der Waals surface area contributed by atoms with Gasteiger partial charge in [0.1, 0.15) is 22.6 Å². The minimum absolute atomic E-state index is 0.00130. The highest BCUT2D eigenvalue weighted by Crippen LogP contribution is 2.44. The van der Waals surface area contributed by atoms with Crippen molar-refractivity contribution in [3.05, 3.63) is 93.3 Å². The first-order valence-corrected chi connectivity index (χ1v) is 9.17. The minimum Gasteiger partial charge on any atom is -0.508 e. The average Bonchev–Trinajstić information content (AvgIpc) is 2.76. The van der Waals surface area contributed by atoms with Gasteiger partial charge in [0.05, 0.1) is 12.7 Å². The van der Waals surface area contributed by atoms with Crippen LogP contribution in [-0.4, -0.2) is 23.8 Å². The van der Waals surface area contributed by atoms with Crippen LogP contribution in [0.2, 0.25) is 0 Å². The molecule has 0 spiro atoms. The molecule has 0 saturated carbocycles. The Kier molecular flexibility index (Phi) is 3.83. The lowest BCUT2D eigenvalue weighted by molar-refractivity contribution is 0.102. The molecule has 1 heterocycles. The highest BCUT2D eigenvalue weighted by molar-refractivity contribution is 6.29. The van der Waals surface area contributed by atoms with Crippen LogP contribution in [0.4, 0.5) is 0 Å². The van der Waals surface area contributed by atoms with Crippen LogP contribution in [0.5, 0.6) is 11.5 Å². The number of rotatable bonds is 3. The van der Waals surface area contributed by atoms with Gasteiger partial charge in [0.15, 0.2) is 5.78 Å². The number of phenolic OH excluding ortho intramolecular Hbond substituents is 1. The Morgan fingerprint density at radius 2 is 1.60 bits per heavy atom. The second-order valence-corrected chi connectivity index (χ2v) is 6.91. The van der Waals surface area contributed by atoms with Gasteiger partial charge < -0.3 is 14.3 Å². The van der Waals surface area contributed by atoms with Crippen molar-refractivity contribution in [3.63, 3.8) is 0 Å². The third-order valence-electron chi connectivity index (χ3n) is 5.28. The molecule has 5 rings (SSSR count). The van der Waals surface area contributed by atoms with Gasteiger partial charge in [-0.3, -0.25) is 9.59 Å². The minimum atomic E-state index is -0.796. The molecule has 146 valence electrons. The predicted octanol–water partition coefficient (Wildman–Crippen LogP) is 3.95. The van der Waals surface area contributed by atoms with Crippen molar-refractivity contribution in [2.45, 2.75) is 0 Å². The summed E-state index contributed by atoms with van der Waals surface area (Å²) in [6.07, 6.45) is 0. The fourth-order valence-electron chi connectivity index (χ4n) is 3.94. The third kappa shape index (κ3) is 2.40. The molecule has 1 N–H and O–H groups in total. The summed E-state index contributed by atoms with van der Waals surface area (Å²) in [7, 11) is 1.45. The van der Waals surface area contributed by atoms with Crippen LogP contribution in [0.1, 0.15) is 31.8 Å². The summed E-state index contributed by atoms with van der Waals surface area (Å²) in [6.45, 7) is 0. The van der Waals surface area contributed by atoms with Crippen molar-refractivity contribution in [3.8, 4) is 22.6 Å². The molecule has 0 atom stereocenters. The van der Waals surface area contributed by atoms with Crippen LogP contribution < -0.4 is 10.4 Å². The Hall–Kier alpha value is -4.19. The smallest absolute Gasteiger partial charge is 0.348 e. The summed E-state index contributed by atoms with van der Waals surface area (Å²) in [4.78, 5) is 39.5. The number of carbonyl (C=O) groups excluding carboxylic acids is 2. The number of hydrogen-bond donors (Lipinski definition) is 1. The highest BCUT2D eigenvalue weighted by Gasteiger charge is 2.34. The maximum atomic E-state index is 13.3. The molecule has 1 aliphatic rings. The number of benzene rings is 3. The van der Waals surface area contributed by atoms with E-state index in [1.807, 2.05) is 0 Å². The van der Waals surface area contributed by atoms with Gasteiger partial charge >= 0.3 is 5.63 Å². The molecule has 0 aliphatic heterocycles. The predicted molar refractivity (Wildman–Crippen MR) is 109 cm³/mol. The van der Waals surface area contributed by atoms with Gasteiger partial charge in [0.2, 0.25) is 5.78 Å².